The van der Waals surface area contributed by atoms with Crippen LogP contribution in [0, 0.1) is 5.92 Å². The standard InChI is InChI=1S/C14H16N2O/c1-11-13(10-17)8-15-16(2)9-14(11)12-6-4-3-5-7-12/h3-8,10,13H,9H2,1-2H3. The zero-order chi connectivity index (χ0) is 12.3. The third-order valence-corrected chi connectivity index (χ3v) is 3.06. The maximum Gasteiger partial charge on any atom is 0.132 e. The average molecular weight is 228 g/mol. The molecule has 3 nitrogen and oxygen atoms in total. The summed E-state index contributed by atoms with van der Waals surface area (Å²) in [5, 5.41) is 6.09. The third kappa shape index (κ3) is 2.44. The second kappa shape index (κ2) is 4.95. The van der Waals surface area contributed by atoms with E-state index in [1.807, 2.05) is 37.2 Å². The van der Waals surface area contributed by atoms with Crippen LogP contribution >= 0.6 is 0 Å². The molecule has 0 saturated heterocycles. The summed E-state index contributed by atoms with van der Waals surface area (Å²) in [5.41, 5.74) is 3.43. The van der Waals surface area contributed by atoms with E-state index >= 15 is 0 Å². The quantitative estimate of drug-likeness (QED) is 0.727. The number of carbonyl (C=O) groups is 1. The molecule has 2 rings (SSSR count). The van der Waals surface area contributed by atoms with E-state index < -0.39 is 0 Å². The fourth-order valence-corrected chi connectivity index (χ4v) is 1.99. The van der Waals surface area contributed by atoms with Crippen molar-refractivity contribution in [2.75, 3.05) is 13.6 Å². The molecule has 1 aromatic carbocycles. The SMILES string of the molecule is CC1=C(c2ccccc2)CN(C)N=CC1C=O. The Morgan fingerprint density at radius 1 is 1.35 bits per heavy atom. The Bertz CT molecular complexity index is 462. The van der Waals surface area contributed by atoms with Crippen molar-refractivity contribution in [1.82, 2.24) is 5.01 Å². The topological polar surface area (TPSA) is 32.7 Å². The number of rotatable bonds is 2. The fourth-order valence-electron chi connectivity index (χ4n) is 1.99. The number of likely N-dealkylation sites (N-methyl/N-ethyl adjacent to an activating group) is 1. The van der Waals surface area contributed by atoms with Gasteiger partial charge in [-0.15, -0.1) is 0 Å². The average Bonchev–Trinajstić information content (AvgIpc) is 2.50. The van der Waals surface area contributed by atoms with Gasteiger partial charge in [-0.1, -0.05) is 35.9 Å². The minimum atomic E-state index is -0.213. The Morgan fingerprint density at radius 3 is 2.71 bits per heavy atom. The second-order valence-corrected chi connectivity index (χ2v) is 4.27. The molecule has 17 heavy (non-hydrogen) atoms. The molecule has 1 atom stereocenters. The zero-order valence-electron chi connectivity index (χ0n) is 10.1. The maximum atomic E-state index is 11.1. The highest BCUT2D eigenvalue weighted by Crippen LogP contribution is 2.25. The number of carbonyl (C=O) groups excluding carboxylic acids is 1. The Morgan fingerprint density at radius 2 is 2.06 bits per heavy atom. The molecule has 0 spiro atoms. The number of aldehydes is 1. The number of benzene rings is 1. The van der Waals surface area contributed by atoms with E-state index in [-0.39, 0.29) is 5.92 Å². The van der Waals surface area contributed by atoms with Crippen molar-refractivity contribution in [3.63, 3.8) is 0 Å². The number of nitrogens with zero attached hydrogens (tertiary/aromatic N) is 2. The predicted octanol–water partition coefficient (Wildman–Crippen LogP) is 2.21. The molecule has 0 N–H and O–H groups in total. The van der Waals surface area contributed by atoms with Crippen molar-refractivity contribution in [3.8, 4) is 0 Å². The van der Waals surface area contributed by atoms with Gasteiger partial charge < -0.3 is 4.79 Å². The molecule has 0 radical (unpaired) electrons. The highest BCUT2D eigenvalue weighted by atomic mass is 16.1. The summed E-state index contributed by atoms with van der Waals surface area (Å²) in [6.07, 6.45) is 2.65. The predicted molar refractivity (Wildman–Crippen MR) is 69.7 cm³/mol. The lowest BCUT2D eigenvalue weighted by Gasteiger charge is -2.16. The second-order valence-electron chi connectivity index (χ2n) is 4.27. The molecule has 0 fully saturated rings. The van der Waals surface area contributed by atoms with E-state index in [0.29, 0.717) is 0 Å². The van der Waals surface area contributed by atoms with Crippen molar-refractivity contribution in [2.45, 2.75) is 6.92 Å². The van der Waals surface area contributed by atoms with Crippen molar-refractivity contribution in [3.05, 3.63) is 41.5 Å². The Labute approximate surface area is 101 Å². The highest BCUT2D eigenvalue weighted by molar-refractivity contribution is 5.89. The van der Waals surface area contributed by atoms with E-state index in [0.717, 1.165) is 24.0 Å². The monoisotopic (exact) mass is 228 g/mol. The summed E-state index contributed by atoms with van der Waals surface area (Å²) in [5.74, 6) is -0.213. The van der Waals surface area contributed by atoms with Crippen LogP contribution in [0.4, 0.5) is 0 Å². The first-order chi connectivity index (χ1) is 8.22. The lowest BCUT2D eigenvalue weighted by Crippen LogP contribution is -2.13. The van der Waals surface area contributed by atoms with Gasteiger partial charge in [-0.05, 0) is 18.1 Å². The van der Waals surface area contributed by atoms with E-state index in [9.17, 15) is 4.79 Å². The van der Waals surface area contributed by atoms with E-state index in [1.54, 1.807) is 6.21 Å². The minimum absolute atomic E-state index is 0.213. The van der Waals surface area contributed by atoms with Crippen LogP contribution in [0.1, 0.15) is 12.5 Å². The molecule has 0 bridgehead atoms. The summed E-state index contributed by atoms with van der Waals surface area (Å²) in [6, 6.07) is 10.2. The Balaban J connectivity index is 2.46. The van der Waals surface area contributed by atoms with Crippen LogP contribution in [0.3, 0.4) is 0 Å². The summed E-state index contributed by atoms with van der Waals surface area (Å²) < 4.78 is 0. The summed E-state index contributed by atoms with van der Waals surface area (Å²) >= 11 is 0. The Kier molecular flexibility index (Phi) is 3.38. The molecule has 1 unspecified atom stereocenters. The lowest BCUT2D eigenvalue weighted by molar-refractivity contribution is -0.108. The molecule has 0 amide bonds. The molecule has 0 aliphatic carbocycles. The smallest absolute Gasteiger partial charge is 0.132 e. The van der Waals surface area contributed by atoms with E-state index in [4.69, 9.17) is 0 Å². The molecule has 88 valence electrons. The van der Waals surface area contributed by atoms with Gasteiger partial charge in [0.25, 0.3) is 0 Å². The van der Waals surface area contributed by atoms with Crippen molar-refractivity contribution in [1.29, 1.82) is 0 Å². The van der Waals surface area contributed by atoms with Gasteiger partial charge in [0.15, 0.2) is 0 Å². The van der Waals surface area contributed by atoms with Gasteiger partial charge in [0.1, 0.15) is 6.29 Å². The normalized spacial score (nSPS) is 20.4. The molecule has 0 aromatic heterocycles. The molecule has 1 aromatic rings. The number of hydrogen-bond acceptors (Lipinski definition) is 3. The van der Waals surface area contributed by atoms with Gasteiger partial charge in [0.05, 0.1) is 12.5 Å². The molecule has 1 aliphatic heterocycles. The lowest BCUT2D eigenvalue weighted by atomic mass is 9.93. The number of allylic oxidation sites excluding steroid dienone is 1. The van der Waals surface area contributed by atoms with Gasteiger partial charge in [-0.25, -0.2) is 0 Å². The number of hydrazone groups is 1. The third-order valence-electron chi connectivity index (χ3n) is 3.06. The summed E-state index contributed by atoms with van der Waals surface area (Å²) in [4.78, 5) is 11.1. The molecular formula is C14H16N2O. The maximum absolute atomic E-state index is 11.1. The van der Waals surface area contributed by atoms with E-state index in [2.05, 4.69) is 17.2 Å². The van der Waals surface area contributed by atoms with Gasteiger partial charge in [0.2, 0.25) is 0 Å². The van der Waals surface area contributed by atoms with Crippen molar-refractivity contribution < 1.29 is 4.79 Å². The fraction of sp³-hybridized carbons (Fsp3) is 0.286. The molecule has 0 saturated carbocycles. The number of hydrogen-bond donors (Lipinski definition) is 0. The van der Waals surface area contributed by atoms with Crippen molar-refractivity contribution >= 4 is 18.1 Å². The van der Waals surface area contributed by atoms with Gasteiger partial charge in [-0.3, -0.25) is 5.01 Å². The first kappa shape index (κ1) is 11.6. The molecule has 3 heteroatoms. The van der Waals surface area contributed by atoms with Gasteiger partial charge >= 0.3 is 0 Å². The van der Waals surface area contributed by atoms with Crippen LogP contribution < -0.4 is 0 Å². The van der Waals surface area contributed by atoms with Crippen LogP contribution in [0.15, 0.2) is 41.0 Å². The molecular weight excluding hydrogens is 212 g/mol. The summed E-state index contributed by atoms with van der Waals surface area (Å²) in [7, 11) is 1.92. The van der Waals surface area contributed by atoms with Crippen molar-refractivity contribution in [2.24, 2.45) is 11.0 Å². The van der Waals surface area contributed by atoms with Gasteiger partial charge in [-0.2, -0.15) is 5.10 Å². The van der Waals surface area contributed by atoms with Crippen LogP contribution in [0.25, 0.3) is 5.57 Å². The van der Waals surface area contributed by atoms with E-state index in [1.165, 1.54) is 5.57 Å². The molecule has 1 heterocycles. The Hall–Kier alpha value is -1.90. The van der Waals surface area contributed by atoms with Crippen LogP contribution in [-0.2, 0) is 4.79 Å². The van der Waals surface area contributed by atoms with Gasteiger partial charge in [0, 0.05) is 13.3 Å². The van der Waals surface area contributed by atoms with Crippen LogP contribution in [-0.4, -0.2) is 31.1 Å². The largest absolute Gasteiger partial charge is 0.302 e. The molecule has 1 aliphatic rings. The first-order valence-corrected chi connectivity index (χ1v) is 5.68. The van der Waals surface area contributed by atoms with Crippen LogP contribution in [0.5, 0.6) is 0 Å². The van der Waals surface area contributed by atoms with Crippen LogP contribution in [0.2, 0.25) is 0 Å². The highest BCUT2D eigenvalue weighted by Gasteiger charge is 2.17. The zero-order valence-corrected chi connectivity index (χ0v) is 10.1. The minimum Gasteiger partial charge on any atom is -0.302 e. The first-order valence-electron chi connectivity index (χ1n) is 5.68. The summed E-state index contributed by atoms with van der Waals surface area (Å²) in [6.45, 7) is 2.74.